The Morgan fingerprint density at radius 3 is 2.76 bits per heavy atom. The van der Waals surface area contributed by atoms with Crippen LogP contribution in [-0.4, -0.2) is 32.7 Å². The van der Waals surface area contributed by atoms with Gasteiger partial charge in [0, 0.05) is 25.0 Å². The number of aryl methyl sites for hydroxylation is 1. The number of nitrogens with zero attached hydrogens (tertiary/aromatic N) is 5. The first-order chi connectivity index (χ1) is 12.2. The number of piperidine rings is 1. The molecule has 0 radical (unpaired) electrons. The maximum Gasteiger partial charge on any atom is 0.155 e. The van der Waals surface area contributed by atoms with Gasteiger partial charge < -0.3 is 4.90 Å². The summed E-state index contributed by atoms with van der Waals surface area (Å²) in [5, 5.41) is 4.43. The summed E-state index contributed by atoms with van der Waals surface area (Å²) in [7, 11) is 0. The van der Waals surface area contributed by atoms with Crippen LogP contribution in [0.15, 0.2) is 35.2 Å². The molecular formula is C19H20BrN5. The Labute approximate surface area is 155 Å². The lowest BCUT2D eigenvalue weighted by Gasteiger charge is -2.40. The van der Waals surface area contributed by atoms with Crippen LogP contribution in [0.1, 0.15) is 29.8 Å². The van der Waals surface area contributed by atoms with Gasteiger partial charge in [-0.2, -0.15) is 5.10 Å². The van der Waals surface area contributed by atoms with Gasteiger partial charge in [0.1, 0.15) is 10.1 Å². The van der Waals surface area contributed by atoms with Gasteiger partial charge in [-0.3, -0.25) is 4.98 Å². The van der Waals surface area contributed by atoms with E-state index >= 15 is 0 Å². The van der Waals surface area contributed by atoms with E-state index in [2.05, 4.69) is 43.0 Å². The third kappa shape index (κ3) is 2.38. The third-order valence-corrected chi connectivity index (χ3v) is 6.76. The summed E-state index contributed by atoms with van der Waals surface area (Å²) in [6.45, 7) is 4.12. The van der Waals surface area contributed by atoms with E-state index in [4.69, 9.17) is 4.98 Å². The van der Waals surface area contributed by atoms with E-state index in [0.29, 0.717) is 5.41 Å². The fraction of sp³-hybridized carbons (Fsp3) is 0.421. The van der Waals surface area contributed by atoms with Gasteiger partial charge in [0.2, 0.25) is 0 Å². The molecule has 1 aliphatic carbocycles. The molecule has 0 atom stereocenters. The minimum Gasteiger partial charge on any atom is -0.355 e. The van der Waals surface area contributed by atoms with Crippen LogP contribution < -0.4 is 4.90 Å². The highest BCUT2D eigenvalue weighted by molar-refractivity contribution is 9.10. The van der Waals surface area contributed by atoms with Crippen molar-refractivity contribution in [2.45, 2.75) is 32.6 Å². The van der Waals surface area contributed by atoms with Gasteiger partial charge in [0.15, 0.2) is 5.82 Å². The number of anilines is 1. The van der Waals surface area contributed by atoms with Gasteiger partial charge in [-0.05, 0) is 71.6 Å². The van der Waals surface area contributed by atoms with Crippen LogP contribution in [0.5, 0.6) is 0 Å². The van der Waals surface area contributed by atoms with E-state index in [1.807, 2.05) is 29.9 Å². The van der Waals surface area contributed by atoms with E-state index in [1.165, 1.54) is 30.5 Å². The highest BCUT2D eigenvalue weighted by atomic mass is 79.9. The summed E-state index contributed by atoms with van der Waals surface area (Å²) in [4.78, 5) is 11.9. The predicted octanol–water partition coefficient (Wildman–Crippen LogP) is 3.58. The Bertz CT molecular complexity index is 929. The quantitative estimate of drug-likeness (QED) is 0.629. The fourth-order valence-corrected chi connectivity index (χ4v) is 4.81. The molecule has 1 aliphatic heterocycles. The monoisotopic (exact) mass is 397 g/mol. The number of fused-ring (bicyclic) bond motifs is 2. The molecule has 6 heteroatoms. The lowest BCUT2D eigenvalue weighted by atomic mass is 9.76. The van der Waals surface area contributed by atoms with Crippen LogP contribution in [0.4, 0.5) is 5.82 Å². The molecule has 0 amide bonds. The zero-order valence-corrected chi connectivity index (χ0v) is 15.8. The Kier molecular flexibility index (Phi) is 3.39. The molecule has 1 spiro atoms. The standard InChI is InChI=1S/C19H20BrN5/c1-13-17(20)25-16(4-8-22-25)18(23-13)24-9-5-19(6-10-24)11-14-3-2-7-21-15(14)12-19/h2-4,7-8H,5-6,9-12H2,1H3. The molecular weight excluding hydrogens is 378 g/mol. The van der Waals surface area contributed by atoms with Crippen LogP contribution in [0.25, 0.3) is 5.52 Å². The van der Waals surface area contributed by atoms with Crippen molar-refractivity contribution in [3.05, 3.63) is 52.1 Å². The number of hydrogen-bond donors (Lipinski definition) is 0. The molecule has 4 heterocycles. The molecule has 5 nitrogen and oxygen atoms in total. The topological polar surface area (TPSA) is 46.3 Å². The van der Waals surface area contributed by atoms with Crippen LogP contribution in [0.2, 0.25) is 0 Å². The zero-order valence-electron chi connectivity index (χ0n) is 14.2. The van der Waals surface area contributed by atoms with Crippen molar-refractivity contribution in [3.8, 4) is 0 Å². The molecule has 128 valence electrons. The van der Waals surface area contributed by atoms with Crippen molar-refractivity contribution in [2.75, 3.05) is 18.0 Å². The summed E-state index contributed by atoms with van der Waals surface area (Å²) >= 11 is 3.60. The molecule has 1 fully saturated rings. The smallest absolute Gasteiger partial charge is 0.155 e. The first kappa shape index (κ1) is 15.3. The molecule has 3 aromatic rings. The zero-order chi connectivity index (χ0) is 17.0. The third-order valence-electron chi connectivity index (χ3n) is 5.85. The Morgan fingerprint density at radius 1 is 1.12 bits per heavy atom. The number of aromatic nitrogens is 4. The maximum atomic E-state index is 4.86. The van der Waals surface area contributed by atoms with Crippen LogP contribution in [-0.2, 0) is 12.8 Å². The SMILES string of the molecule is Cc1nc(N2CCC3(CC2)Cc2cccnc2C3)c2ccnn2c1Br. The maximum absolute atomic E-state index is 4.86. The normalized spacial score (nSPS) is 18.9. The minimum atomic E-state index is 0.397. The summed E-state index contributed by atoms with van der Waals surface area (Å²) in [5.41, 5.74) is 5.21. The second kappa shape index (κ2) is 5.53. The Hall–Kier alpha value is -1.95. The minimum absolute atomic E-state index is 0.397. The van der Waals surface area contributed by atoms with Gasteiger partial charge in [-0.15, -0.1) is 0 Å². The first-order valence-corrected chi connectivity index (χ1v) is 9.62. The average molecular weight is 398 g/mol. The van der Waals surface area contributed by atoms with Gasteiger partial charge in [-0.1, -0.05) is 6.07 Å². The summed E-state index contributed by atoms with van der Waals surface area (Å²) < 4.78 is 2.87. The number of hydrogen-bond acceptors (Lipinski definition) is 4. The van der Waals surface area contributed by atoms with Gasteiger partial charge in [0.25, 0.3) is 0 Å². The van der Waals surface area contributed by atoms with Crippen molar-refractivity contribution < 1.29 is 0 Å². The van der Waals surface area contributed by atoms with E-state index in [0.717, 1.165) is 41.1 Å². The molecule has 0 N–H and O–H groups in total. The molecule has 0 bridgehead atoms. The van der Waals surface area contributed by atoms with Crippen LogP contribution >= 0.6 is 15.9 Å². The molecule has 0 aromatic carbocycles. The average Bonchev–Trinajstić information content (AvgIpc) is 3.23. The van der Waals surface area contributed by atoms with E-state index in [1.54, 1.807) is 0 Å². The van der Waals surface area contributed by atoms with E-state index < -0.39 is 0 Å². The lowest BCUT2D eigenvalue weighted by Crippen LogP contribution is -2.41. The van der Waals surface area contributed by atoms with E-state index in [-0.39, 0.29) is 0 Å². The van der Waals surface area contributed by atoms with Crippen LogP contribution in [0.3, 0.4) is 0 Å². The van der Waals surface area contributed by atoms with Gasteiger partial charge in [-0.25, -0.2) is 9.50 Å². The molecule has 5 rings (SSSR count). The largest absolute Gasteiger partial charge is 0.355 e. The molecule has 25 heavy (non-hydrogen) atoms. The first-order valence-electron chi connectivity index (χ1n) is 8.83. The summed E-state index contributed by atoms with van der Waals surface area (Å²) in [6, 6.07) is 6.36. The van der Waals surface area contributed by atoms with Gasteiger partial charge in [0.05, 0.1) is 11.9 Å². The highest BCUT2D eigenvalue weighted by Gasteiger charge is 2.40. The number of pyridine rings is 1. The van der Waals surface area contributed by atoms with Crippen LogP contribution in [0, 0.1) is 12.3 Å². The number of halogens is 1. The Morgan fingerprint density at radius 2 is 1.96 bits per heavy atom. The van der Waals surface area contributed by atoms with Crippen molar-refractivity contribution in [3.63, 3.8) is 0 Å². The molecule has 1 saturated heterocycles. The van der Waals surface area contributed by atoms with Crippen molar-refractivity contribution >= 4 is 27.3 Å². The second-order valence-electron chi connectivity index (χ2n) is 7.39. The predicted molar refractivity (Wildman–Crippen MR) is 101 cm³/mol. The van der Waals surface area contributed by atoms with Gasteiger partial charge >= 0.3 is 0 Å². The van der Waals surface area contributed by atoms with E-state index in [9.17, 15) is 0 Å². The highest BCUT2D eigenvalue weighted by Crippen LogP contribution is 2.44. The summed E-state index contributed by atoms with van der Waals surface area (Å²) in [6.07, 6.45) is 8.47. The summed E-state index contributed by atoms with van der Waals surface area (Å²) in [5.74, 6) is 1.06. The van der Waals surface area contributed by atoms with Crippen molar-refractivity contribution in [1.29, 1.82) is 0 Å². The molecule has 3 aromatic heterocycles. The molecule has 0 unspecified atom stereocenters. The lowest BCUT2D eigenvalue weighted by molar-refractivity contribution is 0.231. The second-order valence-corrected chi connectivity index (χ2v) is 8.14. The molecule has 0 saturated carbocycles. The Balaban J connectivity index is 1.42. The van der Waals surface area contributed by atoms with Crippen molar-refractivity contribution in [2.24, 2.45) is 5.41 Å². The number of rotatable bonds is 1. The molecule has 2 aliphatic rings. The van der Waals surface area contributed by atoms with Crippen molar-refractivity contribution in [1.82, 2.24) is 19.6 Å². The fourth-order valence-electron chi connectivity index (χ4n) is 4.44.